The maximum atomic E-state index is 6.37. The second-order valence-corrected chi connectivity index (χ2v) is 7.92. The average Bonchev–Trinajstić information content (AvgIpc) is 2.55. The first kappa shape index (κ1) is 16.3. The maximum absolute atomic E-state index is 6.37. The monoisotopic (exact) mass is 371 g/mol. The van der Waals surface area contributed by atoms with Crippen LogP contribution < -0.4 is 0 Å². The van der Waals surface area contributed by atoms with Crippen LogP contribution in [0.15, 0.2) is 64.1 Å². The first-order chi connectivity index (χ1) is 10.9. The number of benzene rings is 2. The summed E-state index contributed by atoms with van der Waals surface area (Å²) in [5.74, 6) is 1.08. The highest BCUT2D eigenvalue weighted by molar-refractivity contribution is 9.10. The van der Waals surface area contributed by atoms with E-state index >= 15 is 0 Å². The smallest absolute Gasteiger partial charge is 0.189 e. The molecule has 1 aliphatic heterocycles. The third kappa shape index (κ3) is 3.66. The minimum absolute atomic E-state index is 0.00380. The van der Waals surface area contributed by atoms with Crippen LogP contribution in [-0.4, -0.2) is 12.4 Å². The molecule has 2 aromatic carbocycles. The van der Waals surface area contributed by atoms with Gasteiger partial charge in [0.05, 0.1) is 6.54 Å². The fourth-order valence-electron chi connectivity index (χ4n) is 2.86. The molecule has 0 spiro atoms. The number of hydrogen-bond acceptors (Lipinski definition) is 2. The van der Waals surface area contributed by atoms with Gasteiger partial charge in [0.1, 0.15) is 6.10 Å². The Morgan fingerprint density at radius 2 is 1.61 bits per heavy atom. The van der Waals surface area contributed by atoms with Gasteiger partial charge in [0, 0.05) is 15.8 Å². The summed E-state index contributed by atoms with van der Waals surface area (Å²) in [6.45, 7) is 7.20. The molecule has 0 N–H and O–H groups in total. The molecular formula is C20H22BrNO. The molecule has 3 rings (SSSR count). The highest BCUT2D eigenvalue weighted by Crippen LogP contribution is 2.39. The molecule has 0 radical (unpaired) electrons. The van der Waals surface area contributed by atoms with Gasteiger partial charge in [0.25, 0.3) is 0 Å². The molecule has 0 saturated carbocycles. The quantitative estimate of drug-likeness (QED) is 0.658. The van der Waals surface area contributed by atoms with Crippen molar-refractivity contribution in [2.45, 2.75) is 32.8 Å². The van der Waals surface area contributed by atoms with E-state index in [-0.39, 0.29) is 17.4 Å². The van der Waals surface area contributed by atoms with Crippen LogP contribution in [0.4, 0.5) is 0 Å². The van der Waals surface area contributed by atoms with Gasteiger partial charge in [-0.3, -0.25) is 4.99 Å². The normalized spacial score (nSPS) is 21.5. The molecule has 2 unspecified atom stereocenters. The number of nitrogens with zero attached hydrogens (tertiary/aromatic N) is 1. The molecule has 0 bridgehead atoms. The molecule has 0 aliphatic carbocycles. The van der Waals surface area contributed by atoms with Gasteiger partial charge in [-0.2, -0.15) is 0 Å². The van der Waals surface area contributed by atoms with E-state index in [1.54, 1.807) is 0 Å². The average molecular weight is 372 g/mol. The van der Waals surface area contributed by atoms with Crippen molar-refractivity contribution in [3.05, 3.63) is 70.2 Å². The number of ether oxygens (including phenoxy) is 1. The molecule has 3 heteroatoms. The molecule has 2 nitrogen and oxygen atoms in total. The summed E-state index contributed by atoms with van der Waals surface area (Å²) in [6, 6.07) is 18.9. The molecule has 0 amide bonds. The van der Waals surface area contributed by atoms with Crippen LogP contribution in [-0.2, 0) is 4.74 Å². The predicted octanol–water partition coefficient (Wildman–Crippen LogP) is 5.75. The molecule has 1 aliphatic rings. The Labute approximate surface area is 146 Å². The summed E-state index contributed by atoms with van der Waals surface area (Å²) in [6.07, 6.45) is 0.00380. The number of aliphatic imine (C=N–C) groups is 1. The molecule has 2 aromatic rings. The minimum Gasteiger partial charge on any atom is -0.472 e. The Kier molecular flexibility index (Phi) is 4.58. The topological polar surface area (TPSA) is 21.6 Å². The van der Waals surface area contributed by atoms with Crippen molar-refractivity contribution in [2.75, 3.05) is 6.54 Å². The third-order valence-electron chi connectivity index (χ3n) is 4.10. The molecule has 0 aromatic heterocycles. The number of halogens is 1. The first-order valence-electron chi connectivity index (χ1n) is 7.97. The molecule has 0 saturated heterocycles. The van der Waals surface area contributed by atoms with E-state index in [1.807, 2.05) is 6.07 Å². The Hall–Kier alpha value is -1.61. The van der Waals surface area contributed by atoms with E-state index in [2.05, 4.69) is 85.2 Å². The lowest BCUT2D eigenvalue weighted by molar-refractivity contribution is 0.123. The molecule has 2 atom stereocenters. The molecule has 120 valence electrons. The zero-order chi connectivity index (χ0) is 16.4. The van der Waals surface area contributed by atoms with Crippen molar-refractivity contribution >= 4 is 21.8 Å². The first-order valence-corrected chi connectivity index (χ1v) is 8.76. The zero-order valence-electron chi connectivity index (χ0n) is 13.8. The third-order valence-corrected chi connectivity index (χ3v) is 4.63. The van der Waals surface area contributed by atoms with E-state index in [4.69, 9.17) is 9.73 Å². The lowest BCUT2D eigenvalue weighted by atomic mass is 9.86. The molecule has 1 heterocycles. The summed E-state index contributed by atoms with van der Waals surface area (Å²) in [4.78, 5) is 4.74. The van der Waals surface area contributed by atoms with Crippen LogP contribution in [0, 0.1) is 5.41 Å². The fraction of sp³-hybridized carbons (Fsp3) is 0.350. The van der Waals surface area contributed by atoms with Crippen LogP contribution in [0.25, 0.3) is 0 Å². The van der Waals surface area contributed by atoms with Gasteiger partial charge in [-0.05, 0) is 23.3 Å². The maximum Gasteiger partial charge on any atom is 0.189 e. The van der Waals surface area contributed by atoms with Gasteiger partial charge in [0.2, 0.25) is 0 Å². The van der Waals surface area contributed by atoms with Gasteiger partial charge in [-0.25, -0.2) is 0 Å². The van der Waals surface area contributed by atoms with Crippen molar-refractivity contribution in [1.29, 1.82) is 0 Å². The van der Waals surface area contributed by atoms with Gasteiger partial charge in [-0.15, -0.1) is 0 Å². The minimum atomic E-state index is -0.0717. The Morgan fingerprint density at radius 1 is 0.957 bits per heavy atom. The summed E-state index contributed by atoms with van der Waals surface area (Å²) < 4.78 is 7.46. The molecule has 23 heavy (non-hydrogen) atoms. The van der Waals surface area contributed by atoms with Crippen molar-refractivity contribution in [3.63, 3.8) is 0 Å². The van der Waals surface area contributed by atoms with E-state index in [0.29, 0.717) is 0 Å². The highest BCUT2D eigenvalue weighted by Gasteiger charge is 2.35. The van der Waals surface area contributed by atoms with Crippen LogP contribution in [0.5, 0.6) is 0 Å². The van der Waals surface area contributed by atoms with Crippen molar-refractivity contribution < 1.29 is 4.74 Å². The van der Waals surface area contributed by atoms with Crippen molar-refractivity contribution in [3.8, 4) is 0 Å². The van der Waals surface area contributed by atoms with Crippen LogP contribution in [0.3, 0.4) is 0 Å². The summed E-state index contributed by atoms with van der Waals surface area (Å²) >= 11 is 3.51. The second kappa shape index (κ2) is 6.48. The summed E-state index contributed by atoms with van der Waals surface area (Å²) in [5, 5.41) is 0. The van der Waals surface area contributed by atoms with Crippen molar-refractivity contribution in [2.24, 2.45) is 10.4 Å². The van der Waals surface area contributed by atoms with Gasteiger partial charge < -0.3 is 4.74 Å². The predicted molar refractivity (Wildman–Crippen MR) is 98.9 cm³/mol. The second-order valence-electron chi connectivity index (χ2n) is 7.00. The number of hydrogen-bond donors (Lipinski definition) is 0. The van der Waals surface area contributed by atoms with Gasteiger partial charge >= 0.3 is 0 Å². The zero-order valence-corrected chi connectivity index (χ0v) is 15.4. The molecule has 0 fully saturated rings. The summed E-state index contributed by atoms with van der Waals surface area (Å²) in [7, 11) is 0. The lowest BCUT2D eigenvalue weighted by Gasteiger charge is -2.36. The Bertz CT molecular complexity index is 686. The largest absolute Gasteiger partial charge is 0.472 e. The van der Waals surface area contributed by atoms with E-state index in [9.17, 15) is 0 Å². The lowest BCUT2D eigenvalue weighted by Crippen LogP contribution is -2.33. The van der Waals surface area contributed by atoms with E-state index < -0.39 is 0 Å². The Balaban J connectivity index is 1.99. The van der Waals surface area contributed by atoms with Gasteiger partial charge in [0.15, 0.2) is 5.90 Å². The van der Waals surface area contributed by atoms with E-state index in [1.165, 1.54) is 11.1 Å². The fourth-order valence-corrected chi connectivity index (χ4v) is 3.13. The summed E-state index contributed by atoms with van der Waals surface area (Å²) in [5.41, 5.74) is 2.40. The van der Waals surface area contributed by atoms with Crippen LogP contribution in [0.1, 0.15) is 43.9 Å². The van der Waals surface area contributed by atoms with E-state index in [0.717, 1.165) is 16.9 Å². The van der Waals surface area contributed by atoms with Crippen molar-refractivity contribution in [1.82, 2.24) is 0 Å². The number of rotatable bonds is 2. The standard InChI is InChI=1S/C20H22BrNO/c1-20(2,3)19-22-13-17(14-9-11-16(21)12-10-14)18(23-19)15-7-5-4-6-8-15/h4-12,17-18H,13H2,1-3H3. The highest BCUT2D eigenvalue weighted by atomic mass is 79.9. The van der Waals surface area contributed by atoms with Crippen LogP contribution in [0.2, 0.25) is 0 Å². The van der Waals surface area contributed by atoms with Gasteiger partial charge in [-0.1, -0.05) is 79.2 Å². The Morgan fingerprint density at radius 3 is 2.22 bits per heavy atom. The SMILES string of the molecule is CC(C)(C)C1=NCC(c2ccc(Br)cc2)C(c2ccccc2)O1. The van der Waals surface area contributed by atoms with Crippen LogP contribution >= 0.6 is 15.9 Å². The molecular weight excluding hydrogens is 350 g/mol.